The minimum atomic E-state index is 0.108. The molecule has 0 saturated carbocycles. The van der Waals surface area contributed by atoms with Crippen LogP contribution in [-0.4, -0.2) is 35.6 Å². The lowest BCUT2D eigenvalue weighted by atomic mass is 10.1. The van der Waals surface area contributed by atoms with Gasteiger partial charge in [-0.15, -0.1) is 12.6 Å². The fraction of sp³-hybridized carbons (Fsp3) is 0.643. The van der Waals surface area contributed by atoms with Crippen LogP contribution in [0.3, 0.4) is 0 Å². The molecule has 0 aromatic rings. The van der Waals surface area contributed by atoms with Crippen LogP contribution in [0.5, 0.6) is 0 Å². The van der Waals surface area contributed by atoms with Crippen LogP contribution in [0.2, 0.25) is 0 Å². The zero-order valence-corrected chi connectivity index (χ0v) is 12.1. The molecule has 1 fully saturated rings. The summed E-state index contributed by atoms with van der Waals surface area (Å²) in [6.07, 6.45) is 6.31. The van der Waals surface area contributed by atoms with Crippen molar-refractivity contribution in [1.29, 1.82) is 0 Å². The van der Waals surface area contributed by atoms with Crippen LogP contribution in [-0.2, 0) is 4.79 Å². The van der Waals surface area contributed by atoms with Crippen LogP contribution in [0.15, 0.2) is 22.6 Å². The highest BCUT2D eigenvalue weighted by Gasteiger charge is 2.25. The van der Waals surface area contributed by atoms with E-state index in [1.54, 1.807) is 0 Å². The fourth-order valence-electron chi connectivity index (χ4n) is 2.17. The van der Waals surface area contributed by atoms with E-state index in [9.17, 15) is 4.79 Å². The second kappa shape index (κ2) is 7.64. The van der Waals surface area contributed by atoms with Crippen LogP contribution in [0.1, 0.15) is 33.1 Å². The first-order valence-electron chi connectivity index (χ1n) is 6.51. The Labute approximate surface area is 115 Å². The molecule has 0 spiro atoms. The van der Waals surface area contributed by atoms with Crippen molar-refractivity contribution in [1.82, 2.24) is 4.90 Å². The number of aliphatic hydroxyl groups excluding tert-OH is 1. The maximum atomic E-state index is 12.0. The molecule has 1 amide bonds. The minimum Gasteiger partial charge on any atom is -0.396 e. The Hall–Kier alpha value is -0.740. The van der Waals surface area contributed by atoms with Gasteiger partial charge in [0.2, 0.25) is 5.91 Å². The molecule has 1 unspecified atom stereocenters. The molecule has 0 aromatic carbocycles. The Morgan fingerprint density at radius 2 is 2.28 bits per heavy atom. The average Bonchev–Trinajstić information content (AvgIpc) is 2.77. The van der Waals surface area contributed by atoms with Crippen molar-refractivity contribution < 1.29 is 9.90 Å². The van der Waals surface area contributed by atoms with Crippen LogP contribution < -0.4 is 0 Å². The maximum Gasteiger partial charge on any atom is 0.227 e. The third kappa shape index (κ3) is 4.86. The number of carbonyl (C=O) groups is 1. The van der Waals surface area contributed by atoms with Gasteiger partial charge in [-0.25, -0.2) is 0 Å². The zero-order chi connectivity index (χ0) is 13.5. The third-order valence-electron chi connectivity index (χ3n) is 3.15. The van der Waals surface area contributed by atoms with Crippen molar-refractivity contribution in [2.75, 3.05) is 19.7 Å². The largest absolute Gasteiger partial charge is 0.396 e. The second-order valence-electron chi connectivity index (χ2n) is 4.85. The molecule has 1 N–H and O–H groups in total. The molecule has 1 saturated heterocycles. The van der Waals surface area contributed by atoms with Gasteiger partial charge < -0.3 is 10.0 Å². The predicted octanol–water partition coefficient (Wildman–Crippen LogP) is 2.39. The molecule has 4 heteroatoms. The Morgan fingerprint density at radius 1 is 1.56 bits per heavy atom. The monoisotopic (exact) mass is 269 g/mol. The van der Waals surface area contributed by atoms with Crippen LogP contribution >= 0.6 is 12.6 Å². The van der Waals surface area contributed by atoms with Crippen molar-refractivity contribution in [2.24, 2.45) is 5.92 Å². The highest BCUT2D eigenvalue weighted by Crippen LogP contribution is 2.19. The summed E-state index contributed by atoms with van der Waals surface area (Å²) in [5.74, 6) is 0.361. The summed E-state index contributed by atoms with van der Waals surface area (Å²) in [6.45, 7) is 5.71. The first kappa shape index (κ1) is 15.3. The lowest BCUT2D eigenvalue weighted by Crippen LogP contribution is -2.28. The molecular weight excluding hydrogens is 246 g/mol. The topological polar surface area (TPSA) is 40.5 Å². The summed E-state index contributed by atoms with van der Waals surface area (Å²) in [5, 5.41) is 9.05. The number of thiol groups is 1. The second-order valence-corrected chi connectivity index (χ2v) is 5.42. The van der Waals surface area contributed by atoms with E-state index in [0.29, 0.717) is 13.0 Å². The molecule has 0 aromatic heterocycles. The molecule has 102 valence electrons. The van der Waals surface area contributed by atoms with Gasteiger partial charge in [-0.1, -0.05) is 18.6 Å². The van der Waals surface area contributed by atoms with Gasteiger partial charge in [0, 0.05) is 25.6 Å². The SMILES string of the molecule is CC/C=C(C)/C=C(\S)CC(=O)N1CCC(CO)C1. The minimum absolute atomic E-state index is 0.108. The number of allylic oxidation sites excluding steroid dienone is 3. The van der Waals surface area contributed by atoms with Crippen molar-refractivity contribution in [3.05, 3.63) is 22.6 Å². The van der Waals surface area contributed by atoms with Crippen LogP contribution in [0, 0.1) is 5.92 Å². The number of nitrogens with zero attached hydrogens (tertiary/aromatic N) is 1. The molecule has 0 radical (unpaired) electrons. The number of hydrogen-bond acceptors (Lipinski definition) is 3. The molecule has 3 nitrogen and oxygen atoms in total. The zero-order valence-electron chi connectivity index (χ0n) is 11.2. The maximum absolute atomic E-state index is 12.0. The molecule has 1 aliphatic heterocycles. The molecule has 1 heterocycles. The first-order valence-corrected chi connectivity index (χ1v) is 6.96. The molecule has 0 bridgehead atoms. The predicted molar refractivity (Wildman–Crippen MR) is 77.5 cm³/mol. The van der Waals surface area contributed by atoms with Crippen molar-refractivity contribution in [2.45, 2.75) is 33.1 Å². The van der Waals surface area contributed by atoms with E-state index in [1.165, 1.54) is 0 Å². The highest BCUT2D eigenvalue weighted by molar-refractivity contribution is 7.84. The van der Waals surface area contributed by atoms with E-state index in [4.69, 9.17) is 5.11 Å². The summed E-state index contributed by atoms with van der Waals surface area (Å²) in [6, 6.07) is 0. The lowest BCUT2D eigenvalue weighted by Gasteiger charge is -2.16. The molecular formula is C14H23NO2S. The smallest absolute Gasteiger partial charge is 0.227 e. The van der Waals surface area contributed by atoms with Crippen LogP contribution in [0.4, 0.5) is 0 Å². The average molecular weight is 269 g/mol. The summed E-state index contributed by atoms with van der Waals surface area (Å²) < 4.78 is 0. The summed E-state index contributed by atoms with van der Waals surface area (Å²) in [5.41, 5.74) is 1.14. The molecule has 0 aliphatic carbocycles. The number of amides is 1. The molecule has 1 atom stereocenters. The van der Waals surface area contributed by atoms with Gasteiger partial charge in [0.15, 0.2) is 0 Å². The number of likely N-dealkylation sites (tertiary alicyclic amines) is 1. The van der Waals surface area contributed by atoms with Gasteiger partial charge in [0.1, 0.15) is 0 Å². The summed E-state index contributed by atoms with van der Waals surface area (Å²) in [4.78, 5) is 14.6. The standard InChI is InChI=1S/C14H23NO2S/c1-3-4-11(2)7-13(18)8-14(17)15-6-5-12(9-15)10-16/h4,7,12,16,18H,3,5-6,8-10H2,1-2H3/b11-4+,13-7-. The quantitative estimate of drug-likeness (QED) is 0.594. The fourth-order valence-corrected chi connectivity index (χ4v) is 2.51. The highest BCUT2D eigenvalue weighted by atomic mass is 32.1. The Kier molecular flexibility index (Phi) is 6.50. The van der Waals surface area contributed by atoms with E-state index in [0.717, 1.165) is 29.9 Å². The summed E-state index contributed by atoms with van der Waals surface area (Å²) in [7, 11) is 0. The van der Waals surface area contributed by atoms with Gasteiger partial charge >= 0.3 is 0 Å². The van der Waals surface area contributed by atoms with Gasteiger partial charge in [-0.2, -0.15) is 0 Å². The van der Waals surface area contributed by atoms with Gasteiger partial charge in [0.05, 0.1) is 6.42 Å². The van der Waals surface area contributed by atoms with E-state index < -0.39 is 0 Å². The van der Waals surface area contributed by atoms with Crippen molar-refractivity contribution in [3.63, 3.8) is 0 Å². The lowest BCUT2D eigenvalue weighted by molar-refractivity contribution is -0.129. The normalized spacial score (nSPS) is 21.6. The van der Waals surface area contributed by atoms with E-state index >= 15 is 0 Å². The van der Waals surface area contributed by atoms with Gasteiger partial charge in [-0.05, 0) is 30.7 Å². The number of rotatable bonds is 5. The molecule has 1 aliphatic rings. The van der Waals surface area contributed by atoms with E-state index in [2.05, 4.69) is 25.6 Å². The molecule has 1 rings (SSSR count). The van der Waals surface area contributed by atoms with Crippen molar-refractivity contribution >= 4 is 18.5 Å². The van der Waals surface area contributed by atoms with Crippen LogP contribution in [0.25, 0.3) is 0 Å². The Balaban J connectivity index is 2.47. The Morgan fingerprint density at radius 3 is 2.83 bits per heavy atom. The van der Waals surface area contributed by atoms with Gasteiger partial charge in [-0.3, -0.25) is 4.79 Å². The third-order valence-corrected chi connectivity index (χ3v) is 3.44. The first-order chi connectivity index (χ1) is 8.56. The number of hydrogen-bond donors (Lipinski definition) is 2. The Bertz CT molecular complexity index is 350. The van der Waals surface area contributed by atoms with Crippen molar-refractivity contribution in [3.8, 4) is 0 Å². The summed E-state index contributed by atoms with van der Waals surface area (Å²) >= 11 is 4.36. The van der Waals surface area contributed by atoms with E-state index in [-0.39, 0.29) is 18.4 Å². The van der Waals surface area contributed by atoms with E-state index in [1.807, 2.05) is 17.9 Å². The number of carbonyl (C=O) groups excluding carboxylic acids is 1. The van der Waals surface area contributed by atoms with Gasteiger partial charge in [0.25, 0.3) is 0 Å². The molecule has 18 heavy (non-hydrogen) atoms. The number of aliphatic hydroxyl groups is 1.